The lowest BCUT2D eigenvalue weighted by molar-refractivity contribution is -0.890. The second kappa shape index (κ2) is 14.4. The summed E-state index contributed by atoms with van der Waals surface area (Å²) in [7, 11) is 4.55. The third kappa shape index (κ3) is 11.3. The summed E-state index contributed by atoms with van der Waals surface area (Å²) in [6.45, 7) is 5.17. The van der Waals surface area contributed by atoms with E-state index in [1.54, 1.807) is 24.3 Å². The van der Waals surface area contributed by atoms with E-state index in [-0.39, 0.29) is 11.7 Å². The Bertz CT molecular complexity index is 543. The highest BCUT2D eigenvalue weighted by Crippen LogP contribution is 2.15. The standard InChI is InChI=1S/C24H42N2O2/c1-4-5-6-7-8-9-10-11-12-15-20-26(2,3)21-16-19-25-24(28)22-17-13-14-18-23(22)27/h13-14,17-18H,4-12,15-16,19-21H2,1-3H3,(H-,25,27,28)/p+1. The molecule has 1 aromatic carbocycles. The molecular weight excluding hydrogens is 348 g/mol. The topological polar surface area (TPSA) is 49.3 Å². The van der Waals surface area contributed by atoms with Crippen LogP contribution in [0.25, 0.3) is 0 Å². The molecule has 0 aliphatic carbocycles. The smallest absolute Gasteiger partial charge is 0.255 e. The Balaban J connectivity index is 2.03. The number of benzene rings is 1. The van der Waals surface area contributed by atoms with Crippen molar-refractivity contribution in [3.05, 3.63) is 29.8 Å². The largest absolute Gasteiger partial charge is 0.507 e. The van der Waals surface area contributed by atoms with Gasteiger partial charge in [0.1, 0.15) is 5.75 Å². The first-order valence-electron chi connectivity index (χ1n) is 11.3. The second-order valence-electron chi connectivity index (χ2n) is 8.69. The zero-order chi connectivity index (χ0) is 20.7. The molecule has 1 aromatic rings. The first-order chi connectivity index (χ1) is 13.5. The highest BCUT2D eigenvalue weighted by atomic mass is 16.3. The van der Waals surface area contributed by atoms with Gasteiger partial charge in [-0.15, -0.1) is 0 Å². The van der Waals surface area contributed by atoms with Crippen molar-refractivity contribution in [1.29, 1.82) is 0 Å². The molecule has 0 heterocycles. The summed E-state index contributed by atoms with van der Waals surface area (Å²) in [5.41, 5.74) is 0.349. The molecule has 0 atom stereocenters. The van der Waals surface area contributed by atoms with Crippen molar-refractivity contribution in [3.63, 3.8) is 0 Å². The fourth-order valence-electron chi connectivity index (χ4n) is 3.61. The van der Waals surface area contributed by atoms with E-state index in [4.69, 9.17) is 0 Å². The molecule has 0 spiro atoms. The number of unbranched alkanes of at least 4 members (excludes halogenated alkanes) is 9. The van der Waals surface area contributed by atoms with Gasteiger partial charge in [-0.25, -0.2) is 0 Å². The molecule has 160 valence electrons. The number of phenols is 1. The quantitative estimate of drug-likeness (QED) is 0.288. The maximum Gasteiger partial charge on any atom is 0.255 e. The molecule has 0 aliphatic heterocycles. The Morgan fingerprint density at radius 2 is 1.39 bits per heavy atom. The zero-order valence-corrected chi connectivity index (χ0v) is 18.5. The number of phenolic OH excluding ortho intramolecular Hbond substituents is 1. The molecule has 4 heteroatoms. The van der Waals surface area contributed by atoms with E-state index < -0.39 is 0 Å². The number of para-hydroxylation sites is 1. The fourth-order valence-corrected chi connectivity index (χ4v) is 3.61. The van der Waals surface area contributed by atoms with Crippen molar-refractivity contribution in [2.75, 3.05) is 33.7 Å². The van der Waals surface area contributed by atoms with Crippen molar-refractivity contribution in [3.8, 4) is 5.75 Å². The van der Waals surface area contributed by atoms with E-state index in [2.05, 4.69) is 26.3 Å². The Morgan fingerprint density at radius 1 is 0.857 bits per heavy atom. The van der Waals surface area contributed by atoms with Crippen LogP contribution in [-0.2, 0) is 0 Å². The van der Waals surface area contributed by atoms with Gasteiger partial charge >= 0.3 is 0 Å². The minimum Gasteiger partial charge on any atom is -0.507 e. The second-order valence-corrected chi connectivity index (χ2v) is 8.69. The van der Waals surface area contributed by atoms with Crippen LogP contribution in [-0.4, -0.2) is 49.2 Å². The summed E-state index contributed by atoms with van der Waals surface area (Å²) in [4.78, 5) is 12.1. The predicted octanol–water partition coefficient (Wildman–Crippen LogP) is 5.51. The number of carbonyl (C=O) groups excluding carboxylic acids is 1. The number of hydrogen-bond donors (Lipinski definition) is 2. The Labute approximate surface area is 172 Å². The summed E-state index contributed by atoms with van der Waals surface area (Å²) >= 11 is 0. The molecule has 1 amide bonds. The van der Waals surface area contributed by atoms with Crippen molar-refractivity contribution in [2.24, 2.45) is 0 Å². The normalized spacial score (nSPS) is 11.5. The molecule has 0 aromatic heterocycles. The van der Waals surface area contributed by atoms with Gasteiger partial charge in [-0.1, -0.05) is 70.4 Å². The van der Waals surface area contributed by atoms with E-state index in [1.807, 2.05) is 0 Å². The molecule has 28 heavy (non-hydrogen) atoms. The van der Waals surface area contributed by atoms with Gasteiger partial charge < -0.3 is 14.9 Å². The molecule has 0 bridgehead atoms. The number of rotatable bonds is 16. The van der Waals surface area contributed by atoms with Gasteiger partial charge in [0.2, 0.25) is 0 Å². The molecule has 0 unspecified atom stereocenters. The number of carbonyl (C=O) groups is 1. The maximum atomic E-state index is 12.1. The van der Waals surface area contributed by atoms with Crippen LogP contribution in [0.2, 0.25) is 0 Å². The number of quaternary nitrogens is 1. The zero-order valence-electron chi connectivity index (χ0n) is 18.5. The van der Waals surface area contributed by atoms with Gasteiger partial charge in [-0.3, -0.25) is 4.79 Å². The summed E-state index contributed by atoms with van der Waals surface area (Å²) < 4.78 is 1.00. The molecule has 0 saturated heterocycles. The van der Waals surface area contributed by atoms with E-state index in [9.17, 15) is 9.90 Å². The van der Waals surface area contributed by atoms with E-state index in [0.29, 0.717) is 12.1 Å². The van der Waals surface area contributed by atoms with Crippen LogP contribution in [0.4, 0.5) is 0 Å². The minimum absolute atomic E-state index is 0.0390. The van der Waals surface area contributed by atoms with Gasteiger partial charge in [0.05, 0.1) is 32.7 Å². The maximum absolute atomic E-state index is 12.1. The van der Waals surface area contributed by atoms with Crippen LogP contribution in [0.15, 0.2) is 24.3 Å². The van der Waals surface area contributed by atoms with Crippen LogP contribution in [0.5, 0.6) is 5.75 Å². The highest BCUT2D eigenvalue weighted by molar-refractivity contribution is 5.96. The average Bonchev–Trinajstić information content (AvgIpc) is 2.67. The third-order valence-corrected chi connectivity index (χ3v) is 5.49. The van der Waals surface area contributed by atoms with Gasteiger partial charge in [0.25, 0.3) is 5.91 Å². The van der Waals surface area contributed by atoms with E-state index >= 15 is 0 Å². The molecule has 0 radical (unpaired) electrons. The third-order valence-electron chi connectivity index (χ3n) is 5.49. The van der Waals surface area contributed by atoms with Gasteiger partial charge in [-0.05, 0) is 25.0 Å². The number of aromatic hydroxyl groups is 1. The van der Waals surface area contributed by atoms with Crippen LogP contribution >= 0.6 is 0 Å². The van der Waals surface area contributed by atoms with Crippen molar-refractivity contribution >= 4 is 5.91 Å². The number of amides is 1. The average molecular weight is 392 g/mol. The van der Waals surface area contributed by atoms with Crippen molar-refractivity contribution < 1.29 is 14.4 Å². The Kier molecular flexibility index (Phi) is 12.6. The highest BCUT2D eigenvalue weighted by Gasteiger charge is 2.15. The summed E-state index contributed by atoms with van der Waals surface area (Å²) in [6.07, 6.45) is 14.7. The molecular formula is C24H43N2O2+. The van der Waals surface area contributed by atoms with Crippen LogP contribution < -0.4 is 5.32 Å². The number of nitrogens with one attached hydrogen (secondary N) is 1. The van der Waals surface area contributed by atoms with Crippen molar-refractivity contribution in [2.45, 2.75) is 77.6 Å². The van der Waals surface area contributed by atoms with E-state index in [1.165, 1.54) is 70.8 Å². The van der Waals surface area contributed by atoms with Gasteiger partial charge in [-0.2, -0.15) is 0 Å². The van der Waals surface area contributed by atoms with Crippen LogP contribution in [0.3, 0.4) is 0 Å². The fraction of sp³-hybridized carbons (Fsp3) is 0.708. The Morgan fingerprint density at radius 3 is 2.00 bits per heavy atom. The SMILES string of the molecule is CCCCCCCCCCCC[N+](C)(C)CCCNC(=O)c1ccccc1O. The lowest BCUT2D eigenvalue weighted by Gasteiger charge is -2.30. The van der Waals surface area contributed by atoms with E-state index in [0.717, 1.165) is 17.4 Å². The van der Waals surface area contributed by atoms with Gasteiger partial charge in [0, 0.05) is 13.0 Å². The molecule has 4 nitrogen and oxygen atoms in total. The Hall–Kier alpha value is -1.55. The number of hydrogen-bond acceptors (Lipinski definition) is 2. The predicted molar refractivity (Wildman–Crippen MR) is 119 cm³/mol. The first kappa shape index (κ1) is 24.5. The lowest BCUT2D eigenvalue weighted by Crippen LogP contribution is -2.42. The summed E-state index contributed by atoms with van der Waals surface area (Å²) in [5, 5.41) is 12.6. The number of nitrogens with zero attached hydrogens (tertiary/aromatic N) is 1. The molecule has 0 aliphatic rings. The molecule has 0 saturated carbocycles. The summed E-state index contributed by atoms with van der Waals surface area (Å²) in [5.74, 6) is -0.157. The molecule has 2 N–H and O–H groups in total. The molecule has 0 fully saturated rings. The van der Waals surface area contributed by atoms with Crippen LogP contribution in [0, 0.1) is 0 Å². The monoisotopic (exact) mass is 391 g/mol. The minimum atomic E-state index is -0.196. The lowest BCUT2D eigenvalue weighted by atomic mass is 10.1. The van der Waals surface area contributed by atoms with Crippen molar-refractivity contribution in [1.82, 2.24) is 5.32 Å². The first-order valence-corrected chi connectivity index (χ1v) is 11.3. The molecule has 1 rings (SSSR count). The summed E-state index contributed by atoms with van der Waals surface area (Å²) in [6, 6.07) is 6.68. The van der Waals surface area contributed by atoms with Crippen LogP contribution in [0.1, 0.15) is 87.9 Å². The van der Waals surface area contributed by atoms with Gasteiger partial charge in [0.15, 0.2) is 0 Å².